The quantitative estimate of drug-likeness (QED) is 0.713. The van der Waals surface area contributed by atoms with Crippen molar-refractivity contribution in [1.82, 2.24) is 15.1 Å². The number of carbonyl (C=O) groups is 1. The molecule has 124 valence electrons. The maximum atomic E-state index is 11.5. The molecule has 0 aliphatic carbocycles. The predicted octanol–water partition coefficient (Wildman–Crippen LogP) is 1.63. The highest BCUT2D eigenvalue weighted by Crippen LogP contribution is 2.19. The number of rotatable bonds is 8. The molecule has 0 bridgehead atoms. The summed E-state index contributed by atoms with van der Waals surface area (Å²) < 4.78 is 0. The molecule has 0 aromatic rings. The van der Waals surface area contributed by atoms with Gasteiger partial charge in [-0.3, -0.25) is 14.6 Å². The average molecular weight is 299 g/mol. The molecular weight excluding hydrogens is 266 g/mol. The van der Waals surface area contributed by atoms with E-state index in [1.165, 1.54) is 6.42 Å². The zero-order chi connectivity index (χ0) is 16.0. The summed E-state index contributed by atoms with van der Waals surface area (Å²) in [5.41, 5.74) is -0.831. The summed E-state index contributed by atoms with van der Waals surface area (Å²) in [7, 11) is 0. The van der Waals surface area contributed by atoms with E-state index in [9.17, 15) is 9.90 Å². The standard InChI is InChI=1S/C16H33N3O2/c1-6-13(3)18-8-10-19(11-9-18)14(4)12-16(5,15(20)21)17-7-2/h13-14,17H,6-12H2,1-5H3,(H,20,21). The fourth-order valence-electron chi connectivity index (χ4n) is 3.22. The van der Waals surface area contributed by atoms with Crippen LogP contribution in [0.3, 0.4) is 0 Å². The van der Waals surface area contributed by atoms with Crippen LogP contribution in [0.5, 0.6) is 0 Å². The number of carboxylic acids is 1. The fraction of sp³-hybridized carbons (Fsp3) is 0.938. The molecule has 0 aromatic heterocycles. The van der Waals surface area contributed by atoms with E-state index in [0.29, 0.717) is 19.0 Å². The van der Waals surface area contributed by atoms with Crippen LogP contribution < -0.4 is 5.32 Å². The number of hydrogen-bond donors (Lipinski definition) is 2. The van der Waals surface area contributed by atoms with E-state index in [2.05, 4.69) is 35.9 Å². The van der Waals surface area contributed by atoms with Crippen molar-refractivity contribution in [2.45, 2.75) is 65.1 Å². The van der Waals surface area contributed by atoms with Crippen LogP contribution in [-0.2, 0) is 4.79 Å². The first kappa shape index (κ1) is 18.4. The van der Waals surface area contributed by atoms with Crippen LogP contribution in [0.15, 0.2) is 0 Å². The summed E-state index contributed by atoms with van der Waals surface area (Å²) in [5, 5.41) is 12.6. The Balaban J connectivity index is 2.53. The third-order valence-corrected chi connectivity index (χ3v) is 4.93. The lowest BCUT2D eigenvalue weighted by Crippen LogP contribution is -2.56. The normalized spacial score (nSPS) is 23.5. The molecule has 3 atom stereocenters. The second-order valence-corrected chi connectivity index (χ2v) is 6.55. The Bertz CT molecular complexity index is 329. The average Bonchev–Trinajstić information content (AvgIpc) is 2.46. The van der Waals surface area contributed by atoms with Gasteiger partial charge in [0, 0.05) is 38.3 Å². The SMILES string of the molecule is CCNC(C)(CC(C)N1CCN(C(C)CC)CC1)C(=O)O. The van der Waals surface area contributed by atoms with Crippen molar-refractivity contribution in [3.63, 3.8) is 0 Å². The minimum absolute atomic E-state index is 0.282. The lowest BCUT2D eigenvalue weighted by atomic mass is 9.92. The van der Waals surface area contributed by atoms with E-state index in [4.69, 9.17) is 0 Å². The van der Waals surface area contributed by atoms with Gasteiger partial charge in [-0.15, -0.1) is 0 Å². The molecule has 1 rings (SSSR count). The van der Waals surface area contributed by atoms with Gasteiger partial charge in [0.1, 0.15) is 5.54 Å². The van der Waals surface area contributed by atoms with Crippen molar-refractivity contribution in [3.8, 4) is 0 Å². The van der Waals surface area contributed by atoms with E-state index in [-0.39, 0.29) is 6.04 Å². The maximum absolute atomic E-state index is 11.5. The second-order valence-electron chi connectivity index (χ2n) is 6.55. The fourth-order valence-corrected chi connectivity index (χ4v) is 3.22. The molecule has 0 radical (unpaired) electrons. The zero-order valence-electron chi connectivity index (χ0n) is 14.4. The van der Waals surface area contributed by atoms with E-state index in [0.717, 1.165) is 26.2 Å². The molecule has 3 unspecified atom stereocenters. The van der Waals surface area contributed by atoms with Gasteiger partial charge in [-0.1, -0.05) is 13.8 Å². The molecule has 5 heteroatoms. The van der Waals surface area contributed by atoms with Crippen molar-refractivity contribution in [2.75, 3.05) is 32.7 Å². The number of piperazine rings is 1. The Hall–Kier alpha value is -0.650. The highest BCUT2D eigenvalue weighted by molar-refractivity contribution is 5.78. The highest BCUT2D eigenvalue weighted by Gasteiger charge is 2.36. The molecule has 1 heterocycles. The lowest BCUT2D eigenvalue weighted by molar-refractivity contribution is -0.145. The predicted molar refractivity (Wildman–Crippen MR) is 86.7 cm³/mol. The van der Waals surface area contributed by atoms with E-state index in [1.54, 1.807) is 6.92 Å². The molecule has 0 amide bonds. The number of likely N-dealkylation sites (N-methyl/N-ethyl adjacent to an activating group) is 1. The number of nitrogens with zero attached hydrogens (tertiary/aromatic N) is 2. The van der Waals surface area contributed by atoms with Gasteiger partial charge in [-0.25, -0.2) is 0 Å². The molecule has 5 nitrogen and oxygen atoms in total. The minimum atomic E-state index is -0.831. The van der Waals surface area contributed by atoms with Crippen LogP contribution >= 0.6 is 0 Å². The van der Waals surface area contributed by atoms with Crippen LogP contribution in [-0.4, -0.2) is 71.2 Å². The van der Waals surface area contributed by atoms with Gasteiger partial charge in [0.25, 0.3) is 0 Å². The molecule has 2 N–H and O–H groups in total. The van der Waals surface area contributed by atoms with E-state index in [1.807, 2.05) is 6.92 Å². The Labute approximate surface area is 129 Å². The largest absolute Gasteiger partial charge is 0.480 e. The second kappa shape index (κ2) is 8.11. The van der Waals surface area contributed by atoms with Gasteiger partial charge in [0.15, 0.2) is 0 Å². The molecule has 1 saturated heterocycles. The first-order valence-corrected chi connectivity index (χ1v) is 8.30. The Morgan fingerprint density at radius 1 is 1.14 bits per heavy atom. The number of aliphatic carboxylic acids is 1. The minimum Gasteiger partial charge on any atom is -0.480 e. The van der Waals surface area contributed by atoms with Gasteiger partial charge >= 0.3 is 5.97 Å². The van der Waals surface area contributed by atoms with Crippen molar-refractivity contribution >= 4 is 5.97 Å². The van der Waals surface area contributed by atoms with Gasteiger partial charge in [0.05, 0.1) is 0 Å². The summed E-state index contributed by atoms with van der Waals surface area (Å²) in [6.07, 6.45) is 1.83. The van der Waals surface area contributed by atoms with Gasteiger partial charge in [-0.2, -0.15) is 0 Å². The van der Waals surface area contributed by atoms with Crippen LogP contribution in [0.2, 0.25) is 0 Å². The Morgan fingerprint density at radius 3 is 2.00 bits per heavy atom. The molecule has 1 aliphatic heterocycles. The summed E-state index contributed by atoms with van der Waals surface area (Å²) in [4.78, 5) is 16.5. The molecule has 0 saturated carbocycles. The maximum Gasteiger partial charge on any atom is 0.323 e. The van der Waals surface area contributed by atoms with Gasteiger partial charge in [0.2, 0.25) is 0 Å². The molecule has 21 heavy (non-hydrogen) atoms. The monoisotopic (exact) mass is 299 g/mol. The Kier molecular flexibility index (Phi) is 7.10. The van der Waals surface area contributed by atoms with Gasteiger partial charge in [-0.05, 0) is 40.2 Å². The summed E-state index contributed by atoms with van der Waals surface area (Å²) in [6, 6.07) is 0.928. The highest BCUT2D eigenvalue weighted by atomic mass is 16.4. The summed E-state index contributed by atoms with van der Waals surface area (Å²) in [5.74, 6) is -0.755. The van der Waals surface area contributed by atoms with E-state index < -0.39 is 11.5 Å². The topological polar surface area (TPSA) is 55.8 Å². The van der Waals surface area contributed by atoms with Crippen molar-refractivity contribution in [2.24, 2.45) is 0 Å². The van der Waals surface area contributed by atoms with Crippen LogP contribution in [0.4, 0.5) is 0 Å². The third-order valence-electron chi connectivity index (χ3n) is 4.93. The molecule has 0 spiro atoms. The van der Waals surface area contributed by atoms with Crippen molar-refractivity contribution in [1.29, 1.82) is 0 Å². The number of hydrogen-bond acceptors (Lipinski definition) is 4. The molecular formula is C16H33N3O2. The smallest absolute Gasteiger partial charge is 0.323 e. The van der Waals surface area contributed by atoms with Crippen LogP contribution in [0.25, 0.3) is 0 Å². The molecule has 0 aromatic carbocycles. The first-order chi connectivity index (χ1) is 9.84. The molecule has 1 aliphatic rings. The number of carboxylic acid groups (broad SMARTS) is 1. The molecule has 1 fully saturated rings. The van der Waals surface area contributed by atoms with Crippen molar-refractivity contribution in [3.05, 3.63) is 0 Å². The van der Waals surface area contributed by atoms with Crippen molar-refractivity contribution < 1.29 is 9.90 Å². The number of nitrogens with one attached hydrogen (secondary N) is 1. The third kappa shape index (κ3) is 4.94. The van der Waals surface area contributed by atoms with Gasteiger partial charge < -0.3 is 10.4 Å². The zero-order valence-corrected chi connectivity index (χ0v) is 14.4. The first-order valence-electron chi connectivity index (χ1n) is 8.30. The van der Waals surface area contributed by atoms with E-state index >= 15 is 0 Å². The Morgan fingerprint density at radius 2 is 1.62 bits per heavy atom. The van der Waals surface area contributed by atoms with Crippen LogP contribution in [0.1, 0.15) is 47.5 Å². The van der Waals surface area contributed by atoms with Crippen LogP contribution in [0, 0.1) is 0 Å². The summed E-state index contributed by atoms with van der Waals surface area (Å²) >= 11 is 0. The summed E-state index contributed by atoms with van der Waals surface area (Å²) in [6.45, 7) is 15.3. The lowest BCUT2D eigenvalue weighted by Gasteiger charge is -2.42.